The minimum absolute atomic E-state index is 0.155. The van der Waals surface area contributed by atoms with Crippen molar-refractivity contribution in [3.63, 3.8) is 0 Å². The lowest BCUT2D eigenvalue weighted by atomic mass is 9.98. The number of urea groups is 1. The number of carbonyl (C=O) groups is 2. The molecule has 1 fully saturated rings. The van der Waals surface area contributed by atoms with E-state index in [4.69, 9.17) is 0 Å². The molecule has 0 radical (unpaired) electrons. The van der Waals surface area contributed by atoms with Gasteiger partial charge in [0.2, 0.25) is 5.91 Å². The molecule has 3 heterocycles. The van der Waals surface area contributed by atoms with Crippen molar-refractivity contribution >= 4 is 23.6 Å². The molecule has 2 aromatic heterocycles. The van der Waals surface area contributed by atoms with Crippen LogP contribution in [0.3, 0.4) is 0 Å². The second-order valence-corrected chi connectivity index (χ2v) is 7.98. The van der Waals surface area contributed by atoms with Gasteiger partial charge in [-0.3, -0.25) is 9.69 Å². The van der Waals surface area contributed by atoms with Gasteiger partial charge in [-0.1, -0.05) is 20.3 Å². The number of nitrogens with one attached hydrogen (secondary N) is 1. The summed E-state index contributed by atoms with van der Waals surface area (Å²) >= 11 is 0. The molecule has 0 saturated carbocycles. The number of pyridine rings is 2. The Morgan fingerprint density at radius 1 is 1.14 bits per heavy atom. The van der Waals surface area contributed by atoms with Crippen LogP contribution in [0.25, 0.3) is 0 Å². The lowest BCUT2D eigenvalue weighted by Crippen LogP contribution is -2.43. The molecule has 0 aromatic carbocycles. The molecule has 14 heteroatoms. The molecule has 2 atom stereocenters. The largest absolute Gasteiger partial charge is 0.417 e. The van der Waals surface area contributed by atoms with E-state index in [1.54, 1.807) is 13.8 Å². The van der Waals surface area contributed by atoms with E-state index in [9.17, 15) is 40.3 Å². The van der Waals surface area contributed by atoms with Crippen molar-refractivity contribution in [3.05, 3.63) is 47.5 Å². The molecule has 0 bridgehead atoms. The molecule has 1 aliphatic rings. The van der Waals surface area contributed by atoms with Crippen molar-refractivity contribution in [1.82, 2.24) is 14.9 Å². The number of aromatic nitrogens is 2. The Kier molecular flexibility index (Phi) is 7.22. The van der Waals surface area contributed by atoms with Crippen LogP contribution in [0.5, 0.6) is 0 Å². The average molecular weight is 507 g/mol. The highest BCUT2D eigenvalue weighted by molar-refractivity contribution is 5.99. The average Bonchev–Trinajstić information content (AvgIpc) is 3.08. The third kappa shape index (κ3) is 5.80. The number of nitrogens with zero attached hydrogens (tertiary/aromatic N) is 4. The van der Waals surface area contributed by atoms with E-state index in [0.717, 1.165) is 22.1 Å². The normalized spacial score (nSPS) is 17.6. The first-order valence-electron chi connectivity index (χ1n) is 10.4. The maximum atomic E-state index is 14.5. The predicted octanol–water partition coefficient (Wildman–Crippen LogP) is 4.95. The lowest BCUT2D eigenvalue weighted by molar-refractivity contribution is -0.138. The Morgan fingerprint density at radius 2 is 1.80 bits per heavy atom. The van der Waals surface area contributed by atoms with Gasteiger partial charge in [-0.05, 0) is 24.1 Å². The number of hydrogen-bond acceptors (Lipinski definition) is 4. The Morgan fingerprint density at radius 3 is 2.37 bits per heavy atom. The number of alkyl halides is 6. The van der Waals surface area contributed by atoms with E-state index in [1.807, 2.05) is 0 Å². The van der Waals surface area contributed by atoms with Crippen LogP contribution in [0.2, 0.25) is 0 Å². The van der Waals surface area contributed by atoms with Gasteiger partial charge < -0.3 is 10.2 Å². The van der Waals surface area contributed by atoms with Gasteiger partial charge in [0.25, 0.3) is 0 Å². The second-order valence-electron chi connectivity index (χ2n) is 7.98. The number of carbonyl (C=O) groups excluding carboxylic acids is 2. The highest BCUT2D eigenvalue weighted by atomic mass is 19.4. The molecule has 1 aliphatic heterocycles. The fourth-order valence-corrected chi connectivity index (χ4v) is 3.58. The first-order chi connectivity index (χ1) is 16.2. The summed E-state index contributed by atoms with van der Waals surface area (Å²) in [5, 5.41) is 2.19. The third-order valence-corrected chi connectivity index (χ3v) is 5.62. The summed E-state index contributed by atoms with van der Waals surface area (Å²) in [6.07, 6.45) is -7.68. The molecule has 3 rings (SSSR count). The zero-order chi connectivity index (χ0) is 26.1. The van der Waals surface area contributed by atoms with Crippen molar-refractivity contribution in [1.29, 1.82) is 0 Å². The van der Waals surface area contributed by atoms with Crippen LogP contribution in [0, 0.1) is 11.7 Å². The molecule has 190 valence electrons. The van der Waals surface area contributed by atoms with Crippen LogP contribution < -0.4 is 10.2 Å². The van der Waals surface area contributed by atoms with Gasteiger partial charge in [0.15, 0.2) is 11.6 Å². The molecule has 1 N–H and O–H groups in total. The number of anilines is 2. The second kappa shape index (κ2) is 9.66. The van der Waals surface area contributed by atoms with Gasteiger partial charge in [-0.2, -0.15) is 26.3 Å². The Balaban J connectivity index is 1.82. The van der Waals surface area contributed by atoms with Gasteiger partial charge in [0.1, 0.15) is 12.4 Å². The van der Waals surface area contributed by atoms with Crippen LogP contribution >= 0.6 is 0 Å². The van der Waals surface area contributed by atoms with E-state index < -0.39 is 59.6 Å². The van der Waals surface area contributed by atoms with E-state index in [-0.39, 0.29) is 24.3 Å². The van der Waals surface area contributed by atoms with Gasteiger partial charge in [0, 0.05) is 12.4 Å². The Labute approximate surface area is 194 Å². The van der Waals surface area contributed by atoms with Gasteiger partial charge in [-0.15, -0.1) is 0 Å². The van der Waals surface area contributed by atoms with Gasteiger partial charge in [0.05, 0.1) is 23.7 Å². The zero-order valence-corrected chi connectivity index (χ0v) is 18.4. The fourth-order valence-electron chi connectivity index (χ4n) is 3.58. The SMILES string of the molecule is CC[C@H](C)[C@H]1CN(c2ncc(C(F)(F)F)cc2F)C(=O)N1CC(=O)Nc1cc(C(F)(F)F)ccn1. The Hall–Kier alpha value is -3.45. The standard InChI is InChI=1S/C21H20F7N5O2/c1-3-11(2)15-9-33(18-14(22)6-13(8-30-18)21(26,27)28)19(35)32(15)10-17(34)31-16-7-12(4-5-29-16)20(23,24)25/h4-8,11,15H,3,9-10H2,1-2H3,(H,29,31,34)/t11-,15+/m0/s1. The number of rotatable bonds is 6. The smallest absolute Gasteiger partial charge is 0.310 e. The van der Waals surface area contributed by atoms with E-state index in [1.165, 1.54) is 0 Å². The maximum Gasteiger partial charge on any atom is 0.417 e. The van der Waals surface area contributed by atoms with Crippen molar-refractivity contribution in [2.24, 2.45) is 5.92 Å². The summed E-state index contributed by atoms with van der Waals surface area (Å²) in [6, 6.07) is 0.0544. The molecule has 3 amide bonds. The number of hydrogen-bond donors (Lipinski definition) is 1. The quantitative estimate of drug-likeness (QED) is 0.562. The molecular formula is C21H20F7N5O2. The summed E-state index contributed by atoms with van der Waals surface area (Å²) in [5.41, 5.74) is -2.36. The van der Waals surface area contributed by atoms with Crippen molar-refractivity contribution in [3.8, 4) is 0 Å². The molecule has 0 aliphatic carbocycles. The van der Waals surface area contributed by atoms with Crippen LogP contribution in [0.1, 0.15) is 31.4 Å². The lowest BCUT2D eigenvalue weighted by Gasteiger charge is -2.26. The fraction of sp³-hybridized carbons (Fsp3) is 0.429. The first kappa shape index (κ1) is 26.2. The highest BCUT2D eigenvalue weighted by Crippen LogP contribution is 2.34. The van der Waals surface area contributed by atoms with Gasteiger partial charge in [-0.25, -0.2) is 19.2 Å². The zero-order valence-electron chi connectivity index (χ0n) is 18.4. The molecule has 35 heavy (non-hydrogen) atoms. The van der Waals surface area contributed by atoms with Crippen molar-refractivity contribution < 1.29 is 40.3 Å². The summed E-state index contributed by atoms with van der Waals surface area (Å²) < 4.78 is 91.7. The number of amides is 3. The molecule has 1 saturated heterocycles. The van der Waals surface area contributed by atoms with Crippen molar-refractivity contribution in [2.75, 3.05) is 23.3 Å². The van der Waals surface area contributed by atoms with E-state index in [0.29, 0.717) is 18.7 Å². The molecule has 7 nitrogen and oxygen atoms in total. The summed E-state index contributed by atoms with van der Waals surface area (Å²) in [6.45, 7) is 2.81. The van der Waals surface area contributed by atoms with Crippen LogP contribution in [-0.2, 0) is 17.1 Å². The van der Waals surface area contributed by atoms with Crippen LogP contribution in [0.15, 0.2) is 30.6 Å². The van der Waals surface area contributed by atoms with Crippen molar-refractivity contribution in [2.45, 2.75) is 38.7 Å². The molecule has 2 aromatic rings. The van der Waals surface area contributed by atoms with E-state index >= 15 is 0 Å². The minimum atomic E-state index is -4.83. The van der Waals surface area contributed by atoms with Crippen LogP contribution in [0.4, 0.5) is 47.2 Å². The predicted molar refractivity (Wildman–Crippen MR) is 110 cm³/mol. The summed E-state index contributed by atoms with van der Waals surface area (Å²) in [4.78, 5) is 34.6. The summed E-state index contributed by atoms with van der Waals surface area (Å²) in [5.74, 6) is -3.44. The molecule has 0 spiro atoms. The van der Waals surface area contributed by atoms with Gasteiger partial charge >= 0.3 is 18.4 Å². The Bertz CT molecular complexity index is 1110. The first-order valence-corrected chi connectivity index (χ1v) is 10.4. The molecule has 0 unspecified atom stereocenters. The summed E-state index contributed by atoms with van der Waals surface area (Å²) in [7, 11) is 0. The minimum Gasteiger partial charge on any atom is -0.310 e. The molecular weight excluding hydrogens is 487 g/mol. The topological polar surface area (TPSA) is 78.4 Å². The number of halogens is 7. The van der Waals surface area contributed by atoms with E-state index in [2.05, 4.69) is 15.3 Å². The van der Waals surface area contributed by atoms with Crippen LogP contribution in [-0.4, -0.2) is 45.9 Å². The highest BCUT2D eigenvalue weighted by Gasteiger charge is 2.43. The maximum absolute atomic E-state index is 14.5. The third-order valence-electron chi connectivity index (χ3n) is 5.62. The monoisotopic (exact) mass is 507 g/mol.